The average Bonchev–Trinajstić information content (AvgIpc) is 2.50. The number of piperazine rings is 1. The fourth-order valence-corrected chi connectivity index (χ4v) is 4.65. The molecule has 1 saturated heterocycles. The molecule has 0 atom stereocenters. The molecular formula is C18H34N2. The molecule has 2 saturated carbocycles. The fourth-order valence-electron chi connectivity index (χ4n) is 4.65. The van der Waals surface area contributed by atoms with Gasteiger partial charge in [-0.15, -0.1) is 0 Å². The second kappa shape index (κ2) is 7.26. The second-order valence-corrected chi connectivity index (χ2v) is 7.75. The van der Waals surface area contributed by atoms with Crippen LogP contribution in [0.3, 0.4) is 0 Å². The van der Waals surface area contributed by atoms with Gasteiger partial charge in [0.15, 0.2) is 0 Å². The zero-order valence-corrected chi connectivity index (χ0v) is 13.5. The predicted octanol–water partition coefficient (Wildman–Crippen LogP) is 3.76. The molecule has 3 fully saturated rings. The van der Waals surface area contributed by atoms with E-state index in [2.05, 4.69) is 16.7 Å². The van der Waals surface area contributed by atoms with Gasteiger partial charge in [0.2, 0.25) is 0 Å². The van der Waals surface area contributed by atoms with E-state index in [0.717, 1.165) is 17.9 Å². The lowest BCUT2D eigenvalue weighted by atomic mass is 9.86. The molecule has 2 heteroatoms. The van der Waals surface area contributed by atoms with Crippen molar-refractivity contribution in [3.63, 3.8) is 0 Å². The third kappa shape index (κ3) is 3.98. The van der Waals surface area contributed by atoms with Crippen LogP contribution in [0, 0.1) is 11.8 Å². The smallest absolute Gasteiger partial charge is 0.0113 e. The molecule has 0 aromatic carbocycles. The molecule has 0 amide bonds. The molecule has 0 spiro atoms. The maximum absolute atomic E-state index is 2.81. The van der Waals surface area contributed by atoms with E-state index >= 15 is 0 Å². The van der Waals surface area contributed by atoms with Gasteiger partial charge >= 0.3 is 0 Å². The van der Waals surface area contributed by atoms with E-state index < -0.39 is 0 Å². The Morgan fingerprint density at radius 3 is 2.05 bits per heavy atom. The number of nitrogens with zero attached hydrogens (tertiary/aromatic N) is 2. The number of rotatable bonds is 3. The first kappa shape index (κ1) is 14.8. The van der Waals surface area contributed by atoms with Gasteiger partial charge in [0.25, 0.3) is 0 Å². The van der Waals surface area contributed by atoms with Crippen molar-refractivity contribution in [3.8, 4) is 0 Å². The lowest BCUT2D eigenvalue weighted by Crippen LogP contribution is -2.51. The van der Waals surface area contributed by atoms with Crippen LogP contribution in [0.2, 0.25) is 0 Å². The van der Waals surface area contributed by atoms with Crippen LogP contribution in [0.15, 0.2) is 0 Å². The maximum Gasteiger partial charge on any atom is 0.0113 e. The van der Waals surface area contributed by atoms with E-state index in [1.807, 2.05) is 0 Å². The summed E-state index contributed by atoms with van der Waals surface area (Å²) in [4.78, 5) is 5.57. The van der Waals surface area contributed by atoms with Gasteiger partial charge in [0, 0.05) is 38.8 Å². The Kier molecular flexibility index (Phi) is 5.39. The van der Waals surface area contributed by atoms with Crippen molar-refractivity contribution in [3.05, 3.63) is 0 Å². The van der Waals surface area contributed by atoms with Crippen LogP contribution in [-0.2, 0) is 0 Å². The topological polar surface area (TPSA) is 6.48 Å². The van der Waals surface area contributed by atoms with Crippen LogP contribution in [-0.4, -0.2) is 48.6 Å². The van der Waals surface area contributed by atoms with E-state index in [1.165, 1.54) is 90.5 Å². The van der Waals surface area contributed by atoms with Crippen molar-refractivity contribution >= 4 is 0 Å². The van der Waals surface area contributed by atoms with Crippen LogP contribution in [0.5, 0.6) is 0 Å². The lowest BCUT2D eigenvalue weighted by molar-refractivity contribution is 0.0615. The highest BCUT2D eigenvalue weighted by Gasteiger charge is 2.27. The van der Waals surface area contributed by atoms with Gasteiger partial charge in [0.05, 0.1) is 0 Å². The Labute approximate surface area is 125 Å². The molecule has 0 unspecified atom stereocenters. The van der Waals surface area contributed by atoms with E-state index in [0.29, 0.717) is 0 Å². The molecule has 0 N–H and O–H groups in total. The van der Waals surface area contributed by atoms with E-state index in [1.54, 1.807) is 0 Å². The summed E-state index contributed by atoms with van der Waals surface area (Å²) in [6, 6.07) is 0.919. The van der Waals surface area contributed by atoms with Gasteiger partial charge in [-0.3, -0.25) is 4.90 Å². The molecule has 1 heterocycles. The van der Waals surface area contributed by atoms with Crippen molar-refractivity contribution in [2.75, 3.05) is 32.7 Å². The minimum atomic E-state index is 0.919. The first-order valence-corrected chi connectivity index (χ1v) is 9.27. The van der Waals surface area contributed by atoms with Gasteiger partial charge < -0.3 is 4.90 Å². The van der Waals surface area contributed by atoms with Crippen LogP contribution in [0.25, 0.3) is 0 Å². The second-order valence-electron chi connectivity index (χ2n) is 7.75. The SMILES string of the molecule is C[C@H]1CC[C@H](N2CCN(CC3CCCCC3)CC2)CC1. The molecule has 116 valence electrons. The predicted molar refractivity (Wildman–Crippen MR) is 86.0 cm³/mol. The highest BCUT2D eigenvalue weighted by Crippen LogP contribution is 2.28. The van der Waals surface area contributed by atoms with Gasteiger partial charge in [-0.25, -0.2) is 0 Å². The third-order valence-electron chi connectivity index (χ3n) is 6.15. The molecular weight excluding hydrogens is 244 g/mol. The van der Waals surface area contributed by atoms with Crippen LogP contribution >= 0.6 is 0 Å². The number of hydrogen-bond donors (Lipinski definition) is 0. The maximum atomic E-state index is 2.81. The molecule has 0 aromatic rings. The average molecular weight is 278 g/mol. The summed E-state index contributed by atoms with van der Waals surface area (Å²) in [5.74, 6) is 2.00. The summed E-state index contributed by atoms with van der Waals surface area (Å²) in [6.45, 7) is 9.18. The van der Waals surface area contributed by atoms with E-state index in [9.17, 15) is 0 Å². The van der Waals surface area contributed by atoms with Crippen LogP contribution in [0.4, 0.5) is 0 Å². The largest absolute Gasteiger partial charge is 0.301 e. The Bertz CT molecular complexity index is 269. The van der Waals surface area contributed by atoms with Gasteiger partial charge in [-0.05, 0) is 50.4 Å². The molecule has 0 radical (unpaired) electrons. The minimum Gasteiger partial charge on any atom is -0.301 e. The summed E-state index contributed by atoms with van der Waals surface area (Å²) in [5.41, 5.74) is 0. The molecule has 20 heavy (non-hydrogen) atoms. The summed E-state index contributed by atoms with van der Waals surface area (Å²) < 4.78 is 0. The lowest BCUT2D eigenvalue weighted by Gasteiger charge is -2.42. The minimum absolute atomic E-state index is 0.919. The van der Waals surface area contributed by atoms with Gasteiger partial charge in [-0.1, -0.05) is 26.2 Å². The zero-order chi connectivity index (χ0) is 13.8. The Morgan fingerprint density at radius 2 is 1.40 bits per heavy atom. The molecule has 0 bridgehead atoms. The van der Waals surface area contributed by atoms with E-state index in [-0.39, 0.29) is 0 Å². The summed E-state index contributed by atoms with van der Waals surface area (Å²) >= 11 is 0. The van der Waals surface area contributed by atoms with Gasteiger partial charge in [0.1, 0.15) is 0 Å². The molecule has 2 aliphatic carbocycles. The summed E-state index contributed by atoms with van der Waals surface area (Å²) in [7, 11) is 0. The number of hydrogen-bond acceptors (Lipinski definition) is 2. The Morgan fingerprint density at radius 1 is 0.750 bits per heavy atom. The highest BCUT2D eigenvalue weighted by atomic mass is 15.3. The van der Waals surface area contributed by atoms with Crippen LogP contribution in [0.1, 0.15) is 64.7 Å². The van der Waals surface area contributed by atoms with Gasteiger partial charge in [-0.2, -0.15) is 0 Å². The van der Waals surface area contributed by atoms with Crippen molar-refractivity contribution in [2.45, 2.75) is 70.8 Å². The van der Waals surface area contributed by atoms with Crippen molar-refractivity contribution < 1.29 is 0 Å². The molecule has 1 aliphatic heterocycles. The standard InChI is InChI=1S/C18H34N2/c1-16-7-9-18(10-8-16)20-13-11-19(12-14-20)15-17-5-3-2-4-6-17/h16-18H,2-15H2,1H3/t16-,18-. The zero-order valence-electron chi connectivity index (χ0n) is 13.5. The summed E-state index contributed by atoms with van der Waals surface area (Å²) in [5, 5.41) is 0. The molecule has 2 nitrogen and oxygen atoms in total. The summed E-state index contributed by atoms with van der Waals surface area (Å²) in [6.07, 6.45) is 13.3. The van der Waals surface area contributed by atoms with E-state index in [4.69, 9.17) is 0 Å². The third-order valence-corrected chi connectivity index (χ3v) is 6.15. The first-order chi connectivity index (χ1) is 9.81. The quantitative estimate of drug-likeness (QED) is 0.775. The monoisotopic (exact) mass is 278 g/mol. The van der Waals surface area contributed by atoms with Crippen molar-refractivity contribution in [2.24, 2.45) is 11.8 Å². The first-order valence-electron chi connectivity index (χ1n) is 9.27. The molecule has 3 rings (SSSR count). The Balaban J connectivity index is 1.38. The fraction of sp³-hybridized carbons (Fsp3) is 1.00. The molecule has 0 aromatic heterocycles. The van der Waals surface area contributed by atoms with Crippen LogP contribution < -0.4 is 0 Å². The van der Waals surface area contributed by atoms with Crippen molar-refractivity contribution in [1.82, 2.24) is 9.80 Å². The molecule has 3 aliphatic rings. The van der Waals surface area contributed by atoms with Crippen molar-refractivity contribution in [1.29, 1.82) is 0 Å². The highest BCUT2D eigenvalue weighted by molar-refractivity contribution is 4.83. The normalized spacial score (nSPS) is 35.2. The Hall–Kier alpha value is -0.0800.